The molecule has 1 aromatic rings. The van der Waals surface area contributed by atoms with Crippen LogP contribution in [0.15, 0.2) is 18.2 Å². The fourth-order valence-electron chi connectivity index (χ4n) is 3.21. The Bertz CT molecular complexity index is 750. The van der Waals surface area contributed by atoms with Crippen LogP contribution < -0.4 is 15.4 Å². The Morgan fingerprint density at radius 3 is 2.72 bits per heavy atom. The quantitative estimate of drug-likeness (QED) is 0.824. The second kappa shape index (κ2) is 7.27. The predicted octanol–water partition coefficient (Wildman–Crippen LogP) is 1.06. The lowest BCUT2D eigenvalue weighted by molar-refractivity contribution is -0.119. The Labute approximate surface area is 146 Å². The SMILES string of the molecule is NC(C(=O)Nc1ccc(F)c(N2CCCS2(=O)=O)c1)C1CCOCC1. The summed E-state index contributed by atoms with van der Waals surface area (Å²) in [6, 6.07) is 3.20. The molecule has 1 aromatic carbocycles. The fraction of sp³-hybridized carbons (Fsp3) is 0.562. The van der Waals surface area contributed by atoms with Gasteiger partial charge in [-0.25, -0.2) is 12.8 Å². The van der Waals surface area contributed by atoms with E-state index in [0.717, 1.165) is 23.2 Å². The van der Waals surface area contributed by atoms with Gasteiger partial charge in [0.15, 0.2) is 0 Å². The minimum atomic E-state index is -3.50. The summed E-state index contributed by atoms with van der Waals surface area (Å²) in [5, 5.41) is 2.66. The number of nitrogens with zero attached hydrogens (tertiary/aromatic N) is 1. The minimum Gasteiger partial charge on any atom is -0.381 e. The summed E-state index contributed by atoms with van der Waals surface area (Å²) in [5.41, 5.74) is 6.30. The lowest BCUT2D eigenvalue weighted by Crippen LogP contribution is -2.44. The molecule has 7 nitrogen and oxygen atoms in total. The van der Waals surface area contributed by atoms with Gasteiger partial charge in [0.1, 0.15) is 5.82 Å². The maximum Gasteiger partial charge on any atom is 0.241 e. The Morgan fingerprint density at radius 2 is 2.08 bits per heavy atom. The third-order valence-electron chi connectivity index (χ3n) is 4.66. The largest absolute Gasteiger partial charge is 0.381 e. The van der Waals surface area contributed by atoms with Crippen molar-refractivity contribution in [1.82, 2.24) is 0 Å². The Morgan fingerprint density at radius 1 is 1.36 bits per heavy atom. The number of hydrogen-bond acceptors (Lipinski definition) is 5. The monoisotopic (exact) mass is 371 g/mol. The number of carbonyl (C=O) groups excluding carboxylic acids is 1. The Hall–Kier alpha value is -1.71. The summed E-state index contributed by atoms with van der Waals surface area (Å²) in [5.74, 6) is -0.976. The zero-order valence-corrected chi connectivity index (χ0v) is 14.6. The molecule has 3 rings (SSSR count). The molecule has 0 spiro atoms. The maximum absolute atomic E-state index is 14.1. The smallest absolute Gasteiger partial charge is 0.241 e. The number of carbonyl (C=O) groups is 1. The summed E-state index contributed by atoms with van der Waals surface area (Å²) in [6.07, 6.45) is 1.89. The highest BCUT2D eigenvalue weighted by atomic mass is 32.2. The second-order valence-electron chi connectivity index (χ2n) is 6.37. The lowest BCUT2D eigenvalue weighted by atomic mass is 9.92. The molecule has 2 aliphatic rings. The van der Waals surface area contributed by atoms with Crippen molar-refractivity contribution < 1.29 is 22.3 Å². The number of rotatable bonds is 4. The van der Waals surface area contributed by atoms with Gasteiger partial charge < -0.3 is 15.8 Å². The van der Waals surface area contributed by atoms with E-state index in [1.165, 1.54) is 12.1 Å². The molecule has 1 atom stereocenters. The van der Waals surface area contributed by atoms with E-state index >= 15 is 0 Å². The molecule has 1 amide bonds. The van der Waals surface area contributed by atoms with Crippen molar-refractivity contribution in [1.29, 1.82) is 0 Å². The average molecular weight is 371 g/mol. The van der Waals surface area contributed by atoms with E-state index in [2.05, 4.69) is 5.32 Å². The molecule has 2 saturated heterocycles. The number of halogens is 1. The highest BCUT2D eigenvalue weighted by Gasteiger charge is 2.31. The van der Waals surface area contributed by atoms with E-state index < -0.39 is 21.9 Å². The number of hydrogen-bond donors (Lipinski definition) is 2. The van der Waals surface area contributed by atoms with Gasteiger partial charge in [-0.3, -0.25) is 9.10 Å². The first-order chi connectivity index (χ1) is 11.9. The number of nitrogens with one attached hydrogen (secondary N) is 1. The van der Waals surface area contributed by atoms with Gasteiger partial charge in [0.25, 0.3) is 0 Å². The van der Waals surface area contributed by atoms with Crippen LogP contribution in [0.4, 0.5) is 15.8 Å². The first-order valence-electron chi connectivity index (χ1n) is 8.32. The Balaban J connectivity index is 1.75. The molecule has 25 heavy (non-hydrogen) atoms. The summed E-state index contributed by atoms with van der Waals surface area (Å²) in [4.78, 5) is 12.4. The van der Waals surface area contributed by atoms with Crippen molar-refractivity contribution in [3.63, 3.8) is 0 Å². The lowest BCUT2D eigenvalue weighted by Gasteiger charge is -2.27. The second-order valence-corrected chi connectivity index (χ2v) is 8.39. The molecular weight excluding hydrogens is 349 g/mol. The van der Waals surface area contributed by atoms with Crippen LogP contribution in [0.25, 0.3) is 0 Å². The number of nitrogens with two attached hydrogens (primary N) is 1. The van der Waals surface area contributed by atoms with Crippen molar-refractivity contribution in [2.45, 2.75) is 25.3 Å². The molecule has 0 saturated carbocycles. The Kier molecular flexibility index (Phi) is 5.26. The van der Waals surface area contributed by atoms with Crippen LogP contribution >= 0.6 is 0 Å². The van der Waals surface area contributed by atoms with Gasteiger partial charge in [0.05, 0.1) is 17.5 Å². The molecule has 138 valence electrons. The molecule has 3 N–H and O–H groups in total. The van der Waals surface area contributed by atoms with Crippen molar-refractivity contribution in [2.75, 3.05) is 35.1 Å². The summed E-state index contributed by atoms with van der Waals surface area (Å²) in [7, 11) is -3.50. The van der Waals surface area contributed by atoms with Crippen molar-refractivity contribution in [2.24, 2.45) is 11.7 Å². The van der Waals surface area contributed by atoms with Gasteiger partial charge in [-0.1, -0.05) is 0 Å². The summed E-state index contributed by atoms with van der Waals surface area (Å²) in [6.45, 7) is 1.40. The molecule has 2 fully saturated rings. The zero-order chi connectivity index (χ0) is 18.0. The fourth-order valence-corrected chi connectivity index (χ4v) is 4.77. The maximum atomic E-state index is 14.1. The predicted molar refractivity (Wildman–Crippen MR) is 92.3 cm³/mol. The van der Waals surface area contributed by atoms with Crippen LogP contribution in [0.1, 0.15) is 19.3 Å². The number of amides is 1. The highest BCUT2D eigenvalue weighted by molar-refractivity contribution is 7.93. The highest BCUT2D eigenvalue weighted by Crippen LogP contribution is 2.29. The normalized spacial score (nSPS) is 21.9. The number of sulfonamides is 1. The zero-order valence-electron chi connectivity index (χ0n) is 13.8. The molecule has 2 aliphatic heterocycles. The van der Waals surface area contributed by atoms with Crippen LogP contribution in [-0.2, 0) is 19.6 Å². The van der Waals surface area contributed by atoms with Crippen molar-refractivity contribution >= 4 is 27.3 Å². The molecule has 0 bridgehead atoms. The van der Waals surface area contributed by atoms with Gasteiger partial charge in [0, 0.05) is 25.4 Å². The van der Waals surface area contributed by atoms with E-state index in [1.54, 1.807) is 0 Å². The van der Waals surface area contributed by atoms with Crippen LogP contribution in [0, 0.1) is 11.7 Å². The molecule has 0 aromatic heterocycles. The number of ether oxygens (including phenoxy) is 1. The molecule has 2 heterocycles. The van der Waals surface area contributed by atoms with E-state index in [1.807, 2.05) is 0 Å². The first-order valence-corrected chi connectivity index (χ1v) is 9.93. The molecule has 0 radical (unpaired) electrons. The van der Waals surface area contributed by atoms with Crippen molar-refractivity contribution in [3.05, 3.63) is 24.0 Å². The minimum absolute atomic E-state index is 0.00233. The first kappa shape index (κ1) is 18.1. The summed E-state index contributed by atoms with van der Waals surface area (Å²) < 4.78 is 44.4. The molecule has 1 unspecified atom stereocenters. The van der Waals surface area contributed by atoms with Gasteiger partial charge in [0.2, 0.25) is 15.9 Å². The van der Waals surface area contributed by atoms with Gasteiger partial charge in [-0.15, -0.1) is 0 Å². The van der Waals surface area contributed by atoms with Gasteiger partial charge in [-0.05, 0) is 43.4 Å². The van der Waals surface area contributed by atoms with Crippen LogP contribution in [0.2, 0.25) is 0 Å². The van der Waals surface area contributed by atoms with Gasteiger partial charge >= 0.3 is 0 Å². The average Bonchev–Trinajstić information content (AvgIpc) is 2.95. The van der Waals surface area contributed by atoms with Crippen LogP contribution in [0.3, 0.4) is 0 Å². The molecule has 0 aliphatic carbocycles. The van der Waals surface area contributed by atoms with E-state index in [0.29, 0.717) is 25.3 Å². The standard InChI is InChI=1S/C16H22FN3O4S/c17-13-3-2-12(10-14(13)20-6-1-9-25(20,22)23)19-16(21)15(18)11-4-7-24-8-5-11/h2-3,10-11,15H,1,4-9,18H2,(H,19,21). The topological polar surface area (TPSA) is 102 Å². The van der Waals surface area contributed by atoms with Crippen LogP contribution in [0.5, 0.6) is 0 Å². The number of anilines is 2. The van der Waals surface area contributed by atoms with E-state index in [9.17, 15) is 17.6 Å². The summed E-state index contributed by atoms with van der Waals surface area (Å²) >= 11 is 0. The molecular formula is C16H22FN3O4S. The van der Waals surface area contributed by atoms with Gasteiger partial charge in [-0.2, -0.15) is 0 Å². The van der Waals surface area contributed by atoms with Crippen LogP contribution in [-0.4, -0.2) is 45.9 Å². The van der Waals surface area contributed by atoms with Crippen molar-refractivity contribution in [3.8, 4) is 0 Å². The number of benzene rings is 1. The third-order valence-corrected chi connectivity index (χ3v) is 6.51. The van der Waals surface area contributed by atoms with E-state index in [4.69, 9.17) is 10.5 Å². The molecule has 9 heteroatoms. The van der Waals surface area contributed by atoms with E-state index in [-0.39, 0.29) is 29.8 Å². The third kappa shape index (κ3) is 3.94.